The van der Waals surface area contributed by atoms with Crippen LogP contribution in [0.5, 0.6) is 0 Å². The summed E-state index contributed by atoms with van der Waals surface area (Å²) in [7, 11) is 0. The van der Waals surface area contributed by atoms with Gasteiger partial charge in [0.1, 0.15) is 24.3 Å². The lowest BCUT2D eigenvalue weighted by Crippen LogP contribution is -2.53. The molecule has 0 heterocycles. The minimum absolute atomic E-state index is 0.0953. The molecule has 2 amide bonds. The molecule has 8 heteroatoms. The molecule has 2 N–H and O–H groups in total. The second-order valence-electron chi connectivity index (χ2n) is 8.82. The number of benzene rings is 2. The number of esters is 1. The molecule has 0 bridgehead atoms. The molecule has 0 spiro atoms. The number of rotatable bonds is 11. The average molecular weight is 487 g/mol. The average Bonchev–Trinajstić information content (AvgIpc) is 2.80. The standard InChI is InChI=1S/C26H34N2O5S/c1-26(2,3)33-24(30)22(17-19-11-7-5-8-12-19)27-23(29)21(15-16-34-4)28-25(31)32-18-20-13-9-6-10-14-20/h5-14,21-22H,15-18H2,1-4H3,(H,27,29)(H,28,31)/t21-,22-/m0/s1. The van der Waals surface area contributed by atoms with Crippen molar-refractivity contribution in [3.05, 3.63) is 71.8 Å². The van der Waals surface area contributed by atoms with Gasteiger partial charge < -0.3 is 20.1 Å². The Balaban J connectivity index is 2.07. The van der Waals surface area contributed by atoms with E-state index in [9.17, 15) is 14.4 Å². The van der Waals surface area contributed by atoms with E-state index in [2.05, 4.69) is 10.6 Å². The van der Waals surface area contributed by atoms with E-state index in [1.165, 1.54) is 0 Å². The van der Waals surface area contributed by atoms with E-state index >= 15 is 0 Å². The minimum atomic E-state index is -0.895. The van der Waals surface area contributed by atoms with Crippen molar-refractivity contribution in [1.29, 1.82) is 0 Å². The van der Waals surface area contributed by atoms with Crippen LogP contribution in [0, 0.1) is 0 Å². The van der Waals surface area contributed by atoms with Crippen molar-refractivity contribution >= 4 is 29.7 Å². The Morgan fingerprint density at radius 2 is 1.47 bits per heavy atom. The van der Waals surface area contributed by atoms with Gasteiger partial charge in [0, 0.05) is 6.42 Å². The number of hydrogen-bond acceptors (Lipinski definition) is 6. The predicted octanol–water partition coefficient (Wildman–Crippen LogP) is 4.10. The van der Waals surface area contributed by atoms with E-state index in [4.69, 9.17) is 9.47 Å². The molecule has 2 atom stereocenters. The van der Waals surface area contributed by atoms with E-state index in [1.54, 1.807) is 32.5 Å². The molecule has 34 heavy (non-hydrogen) atoms. The van der Waals surface area contributed by atoms with Crippen LogP contribution in [-0.4, -0.2) is 47.7 Å². The summed E-state index contributed by atoms with van der Waals surface area (Å²) in [6.45, 7) is 5.42. The lowest BCUT2D eigenvalue weighted by atomic mass is 10.0. The van der Waals surface area contributed by atoms with Gasteiger partial charge in [-0.05, 0) is 50.3 Å². The largest absolute Gasteiger partial charge is 0.458 e. The summed E-state index contributed by atoms with van der Waals surface area (Å²) < 4.78 is 10.8. The monoisotopic (exact) mass is 486 g/mol. The van der Waals surface area contributed by atoms with Gasteiger partial charge >= 0.3 is 12.1 Å². The number of hydrogen-bond donors (Lipinski definition) is 2. The van der Waals surface area contributed by atoms with E-state index in [1.807, 2.05) is 66.9 Å². The smallest absolute Gasteiger partial charge is 0.408 e. The number of nitrogens with one attached hydrogen (secondary N) is 2. The van der Waals surface area contributed by atoms with Crippen LogP contribution in [0.4, 0.5) is 4.79 Å². The maximum atomic E-state index is 13.1. The van der Waals surface area contributed by atoms with Crippen LogP contribution in [0.15, 0.2) is 60.7 Å². The van der Waals surface area contributed by atoms with Crippen LogP contribution in [0.1, 0.15) is 38.3 Å². The second kappa shape index (κ2) is 13.6. The molecule has 0 saturated carbocycles. The molecule has 0 fully saturated rings. The predicted molar refractivity (Wildman–Crippen MR) is 134 cm³/mol. The fourth-order valence-electron chi connectivity index (χ4n) is 3.10. The van der Waals surface area contributed by atoms with Gasteiger partial charge in [0.05, 0.1) is 0 Å². The van der Waals surface area contributed by atoms with E-state index in [-0.39, 0.29) is 13.0 Å². The summed E-state index contributed by atoms with van der Waals surface area (Å²) in [5.74, 6) is -0.343. The number of carbonyl (C=O) groups is 3. The van der Waals surface area contributed by atoms with Crippen LogP contribution >= 0.6 is 11.8 Å². The zero-order valence-electron chi connectivity index (χ0n) is 20.2. The van der Waals surface area contributed by atoms with Crippen LogP contribution in [0.25, 0.3) is 0 Å². The number of alkyl carbamates (subject to hydrolysis) is 1. The van der Waals surface area contributed by atoms with Crippen molar-refractivity contribution in [2.24, 2.45) is 0 Å². The number of ether oxygens (including phenoxy) is 2. The highest BCUT2D eigenvalue weighted by Gasteiger charge is 2.30. The first-order valence-electron chi connectivity index (χ1n) is 11.2. The number of carbonyl (C=O) groups excluding carboxylic acids is 3. The summed E-state index contributed by atoms with van der Waals surface area (Å²) in [5.41, 5.74) is 1.03. The Labute approximate surface area is 206 Å². The maximum Gasteiger partial charge on any atom is 0.408 e. The van der Waals surface area contributed by atoms with Crippen molar-refractivity contribution in [2.75, 3.05) is 12.0 Å². The van der Waals surface area contributed by atoms with Crippen molar-refractivity contribution < 1.29 is 23.9 Å². The molecular formula is C26H34N2O5S. The first-order valence-corrected chi connectivity index (χ1v) is 12.6. The van der Waals surface area contributed by atoms with Crippen LogP contribution in [0.2, 0.25) is 0 Å². The van der Waals surface area contributed by atoms with Gasteiger partial charge in [-0.25, -0.2) is 9.59 Å². The molecule has 0 radical (unpaired) electrons. The molecule has 0 unspecified atom stereocenters. The molecule has 2 rings (SSSR count). The third-order valence-corrected chi connectivity index (χ3v) is 5.37. The first kappa shape index (κ1) is 27.2. The minimum Gasteiger partial charge on any atom is -0.458 e. The van der Waals surface area contributed by atoms with Crippen molar-refractivity contribution in [1.82, 2.24) is 10.6 Å². The number of amides is 2. The van der Waals surface area contributed by atoms with Gasteiger partial charge in [0.15, 0.2) is 0 Å². The Morgan fingerprint density at radius 1 is 0.882 bits per heavy atom. The SMILES string of the molecule is CSCC[C@H](NC(=O)OCc1ccccc1)C(=O)N[C@@H](Cc1ccccc1)C(=O)OC(C)(C)C. The quantitative estimate of drug-likeness (QED) is 0.465. The van der Waals surface area contributed by atoms with E-state index in [0.717, 1.165) is 11.1 Å². The number of thioether (sulfide) groups is 1. The molecular weight excluding hydrogens is 452 g/mol. The Hall–Kier alpha value is -3.00. The van der Waals surface area contributed by atoms with Crippen molar-refractivity contribution in [2.45, 2.75) is 57.9 Å². The molecule has 0 aliphatic heterocycles. The summed E-state index contributed by atoms with van der Waals surface area (Å²) in [6.07, 6.45) is 1.89. The highest BCUT2D eigenvalue weighted by molar-refractivity contribution is 7.98. The summed E-state index contributed by atoms with van der Waals surface area (Å²) in [5, 5.41) is 5.42. The summed E-state index contributed by atoms with van der Waals surface area (Å²) in [4.78, 5) is 38.4. The molecule has 2 aromatic carbocycles. The van der Waals surface area contributed by atoms with Crippen molar-refractivity contribution in [3.8, 4) is 0 Å². The molecule has 184 valence electrons. The van der Waals surface area contributed by atoms with Crippen LogP contribution < -0.4 is 10.6 Å². The fraction of sp³-hybridized carbons (Fsp3) is 0.423. The van der Waals surface area contributed by atoms with Crippen LogP contribution in [-0.2, 0) is 32.1 Å². The molecule has 0 aromatic heterocycles. The lowest BCUT2D eigenvalue weighted by Gasteiger charge is -2.26. The summed E-state index contributed by atoms with van der Waals surface area (Å²) >= 11 is 1.56. The van der Waals surface area contributed by atoms with Gasteiger partial charge in [-0.2, -0.15) is 11.8 Å². The van der Waals surface area contributed by atoms with Gasteiger partial charge in [-0.3, -0.25) is 4.79 Å². The Morgan fingerprint density at radius 3 is 2.03 bits per heavy atom. The normalized spacial score (nSPS) is 12.8. The van der Waals surface area contributed by atoms with Gasteiger partial charge in [0.2, 0.25) is 5.91 Å². The van der Waals surface area contributed by atoms with Gasteiger partial charge in [-0.1, -0.05) is 60.7 Å². The molecule has 0 saturated heterocycles. The zero-order chi connectivity index (χ0) is 25.0. The lowest BCUT2D eigenvalue weighted by molar-refractivity contribution is -0.158. The van der Waals surface area contributed by atoms with Crippen molar-refractivity contribution in [3.63, 3.8) is 0 Å². The molecule has 0 aliphatic rings. The van der Waals surface area contributed by atoms with Crippen LogP contribution in [0.3, 0.4) is 0 Å². The molecule has 2 aromatic rings. The maximum absolute atomic E-state index is 13.1. The molecule has 7 nitrogen and oxygen atoms in total. The van der Waals surface area contributed by atoms with Gasteiger partial charge in [-0.15, -0.1) is 0 Å². The third-order valence-electron chi connectivity index (χ3n) is 4.72. The molecule has 0 aliphatic carbocycles. The summed E-state index contributed by atoms with van der Waals surface area (Å²) in [6, 6.07) is 16.9. The third kappa shape index (κ3) is 10.3. The second-order valence-corrected chi connectivity index (χ2v) is 9.81. The highest BCUT2D eigenvalue weighted by Crippen LogP contribution is 2.12. The fourth-order valence-corrected chi connectivity index (χ4v) is 3.57. The Bertz CT molecular complexity index is 916. The topological polar surface area (TPSA) is 93.7 Å². The Kier molecular flexibility index (Phi) is 10.9. The highest BCUT2D eigenvalue weighted by atomic mass is 32.2. The van der Waals surface area contributed by atoms with Gasteiger partial charge in [0.25, 0.3) is 0 Å². The van der Waals surface area contributed by atoms with E-state index < -0.39 is 35.7 Å². The first-order chi connectivity index (χ1) is 16.2. The van der Waals surface area contributed by atoms with E-state index in [0.29, 0.717) is 12.2 Å². The zero-order valence-corrected chi connectivity index (χ0v) is 21.0.